The molecule has 0 aliphatic heterocycles. The molecule has 6 heteroatoms. The molecule has 0 bridgehead atoms. The molecule has 0 saturated carbocycles. The third-order valence-corrected chi connectivity index (χ3v) is 2.40. The van der Waals surface area contributed by atoms with Gasteiger partial charge in [0, 0.05) is 24.8 Å². The monoisotopic (exact) mass is 234 g/mol. The van der Waals surface area contributed by atoms with Gasteiger partial charge in [-0.05, 0) is 13.0 Å². The van der Waals surface area contributed by atoms with Crippen LogP contribution in [-0.4, -0.2) is 22.4 Å². The first-order valence-electron chi connectivity index (χ1n) is 5.28. The average Bonchev–Trinajstić information content (AvgIpc) is 2.76. The Bertz CT molecular complexity index is 484. The number of ether oxygens (including phenoxy) is 1. The Balaban J connectivity index is 1.92. The first-order chi connectivity index (χ1) is 8.31. The lowest BCUT2D eigenvalue weighted by Gasteiger charge is -2.07. The van der Waals surface area contributed by atoms with Crippen LogP contribution in [0.5, 0.6) is 5.88 Å². The Morgan fingerprint density at radius 3 is 2.94 bits per heavy atom. The minimum atomic E-state index is 0.605. The predicted octanol–water partition coefficient (Wildman–Crippen LogP) is 1.07. The molecule has 1 N–H and O–H groups in total. The van der Waals surface area contributed by atoms with E-state index < -0.39 is 0 Å². The van der Waals surface area contributed by atoms with E-state index in [4.69, 9.17) is 4.74 Å². The van der Waals surface area contributed by atoms with Crippen LogP contribution in [0.25, 0.3) is 0 Å². The summed E-state index contributed by atoms with van der Waals surface area (Å²) < 4.78 is 9.78. The summed E-state index contributed by atoms with van der Waals surface area (Å²) in [6.45, 7) is 3.12. The van der Waals surface area contributed by atoms with Crippen molar-refractivity contribution in [3.63, 3.8) is 0 Å². The number of hydrogen-bond donors (Lipinski definition) is 1. The lowest BCUT2D eigenvalue weighted by atomic mass is 10.2. The normalized spacial score (nSPS) is 10.5. The molecule has 0 aromatic carbocycles. The van der Waals surface area contributed by atoms with Crippen LogP contribution in [0.4, 0.5) is 0 Å². The highest BCUT2D eigenvalue weighted by Gasteiger charge is 2.06. The van der Waals surface area contributed by atoms with E-state index in [1.165, 1.54) is 0 Å². The van der Waals surface area contributed by atoms with Crippen LogP contribution in [0.1, 0.15) is 17.0 Å². The summed E-state index contributed by atoms with van der Waals surface area (Å²) in [4.78, 5) is 4.12. The van der Waals surface area contributed by atoms with Gasteiger partial charge in [0.05, 0.1) is 7.11 Å². The fraction of sp³-hybridized carbons (Fsp3) is 0.364. The fourth-order valence-corrected chi connectivity index (χ4v) is 1.47. The van der Waals surface area contributed by atoms with Gasteiger partial charge >= 0.3 is 0 Å². The highest BCUT2D eigenvalue weighted by atomic mass is 16.6. The summed E-state index contributed by atoms with van der Waals surface area (Å²) in [5.41, 5.74) is 2.62. The molecule has 90 valence electrons. The number of aromatic nitrogens is 3. The fourth-order valence-electron chi connectivity index (χ4n) is 1.47. The predicted molar refractivity (Wildman–Crippen MR) is 60.4 cm³/mol. The van der Waals surface area contributed by atoms with Crippen LogP contribution in [-0.2, 0) is 13.1 Å². The van der Waals surface area contributed by atoms with E-state index in [-0.39, 0.29) is 0 Å². The molecule has 0 fully saturated rings. The van der Waals surface area contributed by atoms with Crippen molar-refractivity contribution in [2.75, 3.05) is 7.11 Å². The van der Waals surface area contributed by atoms with E-state index in [1.807, 2.05) is 19.1 Å². The maximum absolute atomic E-state index is 5.16. The van der Waals surface area contributed by atoms with Gasteiger partial charge in [0.15, 0.2) is 0 Å². The zero-order valence-corrected chi connectivity index (χ0v) is 9.80. The number of nitrogens with zero attached hydrogens (tertiary/aromatic N) is 3. The number of hydrogen-bond acceptors (Lipinski definition) is 6. The quantitative estimate of drug-likeness (QED) is 0.834. The number of rotatable bonds is 5. The van der Waals surface area contributed by atoms with Crippen molar-refractivity contribution in [2.24, 2.45) is 0 Å². The van der Waals surface area contributed by atoms with E-state index in [9.17, 15) is 0 Å². The van der Waals surface area contributed by atoms with Gasteiger partial charge in [0.2, 0.25) is 5.88 Å². The van der Waals surface area contributed by atoms with E-state index in [1.54, 1.807) is 13.3 Å². The molecule has 2 rings (SSSR count). The highest BCUT2D eigenvalue weighted by molar-refractivity contribution is 5.25. The summed E-state index contributed by atoms with van der Waals surface area (Å²) in [5.74, 6) is 0.634. The zero-order chi connectivity index (χ0) is 12.1. The minimum absolute atomic E-state index is 0.605. The van der Waals surface area contributed by atoms with Crippen LogP contribution in [0.2, 0.25) is 0 Å². The summed E-state index contributed by atoms with van der Waals surface area (Å²) in [6.07, 6.45) is 1.70. The van der Waals surface area contributed by atoms with Crippen LogP contribution < -0.4 is 10.1 Å². The molecule has 0 atom stereocenters. The average molecular weight is 234 g/mol. The zero-order valence-electron chi connectivity index (χ0n) is 9.80. The third-order valence-electron chi connectivity index (χ3n) is 2.40. The van der Waals surface area contributed by atoms with Crippen molar-refractivity contribution in [1.82, 2.24) is 20.6 Å². The number of aryl methyl sites for hydroxylation is 1. The lowest BCUT2D eigenvalue weighted by Crippen LogP contribution is -2.14. The van der Waals surface area contributed by atoms with Crippen LogP contribution in [0.3, 0.4) is 0 Å². The first kappa shape index (κ1) is 11.5. The van der Waals surface area contributed by atoms with Gasteiger partial charge in [-0.1, -0.05) is 16.4 Å². The van der Waals surface area contributed by atoms with E-state index >= 15 is 0 Å². The van der Waals surface area contributed by atoms with E-state index in [2.05, 4.69) is 25.2 Å². The van der Waals surface area contributed by atoms with Crippen molar-refractivity contribution < 1.29 is 9.37 Å². The Labute approximate surface area is 99.0 Å². The molecule has 0 aliphatic rings. The van der Waals surface area contributed by atoms with Gasteiger partial charge < -0.3 is 10.1 Å². The van der Waals surface area contributed by atoms with Gasteiger partial charge in [0.1, 0.15) is 11.4 Å². The Morgan fingerprint density at radius 2 is 2.24 bits per heavy atom. The number of methoxy groups -OCH3 is 1. The third kappa shape index (κ3) is 2.79. The van der Waals surface area contributed by atoms with Crippen LogP contribution >= 0.6 is 0 Å². The minimum Gasteiger partial charge on any atom is -0.481 e. The summed E-state index contributed by atoms with van der Waals surface area (Å²) in [5, 5.41) is 10.7. The molecule has 0 aliphatic carbocycles. The van der Waals surface area contributed by atoms with Gasteiger partial charge in [-0.25, -0.2) is 9.61 Å². The molecule has 0 unspecified atom stereocenters. The van der Waals surface area contributed by atoms with E-state index in [0.717, 1.165) is 17.0 Å². The first-order valence-corrected chi connectivity index (χ1v) is 5.28. The summed E-state index contributed by atoms with van der Waals surface area (Å²) in [7, 11) is 1.61. The molecule has 2 heterocycles. The molecular weight excluding hydrogens is 220 g/mol. The van der Waals surface area contributed by atoms with Crippen LogP contribution in [0.15, 0.2) is 23.0 Å². The molecule has 6 nitrogen and oxygen atoms in total. The maximum Gasteiger partial charge on any atom is 0.217 e. The van der Waals surface area contributed by atoms with Crippen LogP contribution in [0, 0.1) is 6.92 Å². The second kappa shape index (κ2) is 5.40. The summed E-state index contributed by atoms with van der Waals surface area (Å²) >= 11 is 0. The van der Waals surface area contributed by atoms with Crippen molar-refractivity contribution in [3.05, 3.63) is 35.3 Å². The Morgan fingerprint density at radius 1 is 1.35 bits per heavy atom. The van der Waals surface area contributed by atoms with Gasteiger partial charge in [0.25, 0.3) is 0 Å². The largest absolute Gasteiger partial charge is 0.481 e. The van der Waals surface area contributed by atoms with Gasteiger partial charge in [-0.2, -0.15) is 0 Å². The molecule has 2 aromatic heterocycles. The summed E-state index contributed by atoms with van der Waals surface area (Å²) in [6, 6.07) is 3.84. The molecule has 17 heavy (non-hydrogen) atoms. The van der Waals surface area contributed by atoms with Crippen molar-refractivity contribution >= 4 is 0 Å². The van der Waals surface area contributed by atoms with Gasteiger partial charge in [-0.3, -0.25) is 0 Å². The molecular formula is C11H14N4O2. The van der Waals surface area contributed by atoms with Crippen molar-refractivity contribution in [2.45, 2.75) is 20.0 Å². The Kier molecular flexibility index (Phi) is 3.66. The maximum atomic E-state index is 5.16. The molecule has 2 aromatic rings. The second-order valence-electron chi connectivity index (χ2n) is 3.57. The second-order valence-corrected chi connectivity index (χ2v) is 3.57. The number of pyridine rings is 1. The standard InChI is InChI=1S/C11H14N4O2/c1-8-10(15-17-14-8)7-12-6-9-4-3-5-13-11(9)16-2/h3-5,12H,6-7H2,1-2H3. The SMILES string of the molecule is COc1ncccc1CNCc1nonc1C. The smallest absolute Gasteiger partial charge is 0.217 e. The van der Waals surface area contributed by atoms with Crippen molar-refractivity contribution in [3.8, 4) is 5.88 Å². The topological polar surface area (TPSA) is 73.1 Å². The Hall–Kier alpha value is -1.95. The van der Waals surface area contributed by atoms with E-state index in [0.29, 0.717) is 19.0 Å². The highest BCUT2D eigenvalue weighted by Crippen LogP contribution is 2.13. The lowest BCUT2D eigenvalue weighted by molar-refractivity contribution is 0.300. The van der Waals surface area contributed by atoms with Crippen molar-refractivity contribution in [1.29, 1.82) is 0 Å². The molecule has 0 saturated heterocycles. The molecule has 0 amide bonds. The van der Waals surface area contributed by atoms with Gasteiger partial charge in [-0.15, -0.1) is 0 Å². The number of nitrogens with one attached hydrogen (secondary N) is 1. The molecule has 0 radical (unpaired) electrons. The molecule has 0 spiro atoms.